The molecular formula is C23H32N6O6. The fourth-order valence-corrected chi connectivity index (χ4v) is 3.52. The van der Waals surface area contributed by atoms with Gasteiger partial charge in [0, 0.05) is 23.5 Å². The van der Waals surface area contributed by atoms with Crippen LogP contribution in [0, 0.1) is 0 Å². The molecule has 190 valence electrons. The molecule has 9 N–H and O–H groups in total. The minimum atomic E-state index is -1.44. The van der Waals surface area contributed by atoms with Crippen molar-refractivity contribution in [3.05, 3.63) is 36.0 Å². The lowest BCUT2D eigenvalue weighted by Gasteiger charge is -2.20. The molecule has 0 radical (unpaired) electrons. The van der Waals surface area contributed by atoms with Crippen molar-refractivity contribution in [3.8, 4) is 0 Å². The zero-order valence-electron chi connectivity index (χ0n) is 19.3. The third kappa shape index (κ3) is 8.83. The molecule has 2 rings (SSSR count). The molecule has 1 aromatic heterocycles. The van der Waals surface area contributed by atoms with Crippen molar-refractivity contribution in [1.82, 2.24) is 20.9 Å². The average molecular weight is 489 g/mol. The van der Waals surface area contributed by atoms with Gasteiger partial charge in [-0.3, -0.25) is 19.2 Å². The van der Waals surface area contributed by atoms with Crippen molar-refractivity contribution in [1.29, 1.82) is 0 Å². The number of H-pyrrole nitrogens is 1. The van der Waals surface area contributed by atoms with Gasteiger partial charge in [-0.15, -0.1) is 0 Å². The van der Waals surface area contributed by atoms with E-state index in [0.717, 1.165) is 22.9 Å². The number of benzene rings is 1. The van der Waals surface area contributed by atoms with Crippen molar-refractivity contribution < 1.29 is 29.1 Å². The average Bonchev–Trinajstić information content (AvgIpc) is 3.24. The van der Waals surface area contributed by atoms with Crippen LogP contribution in [0.4, 0.5) is 0 Å². The number of carboxylic acids is 1. The molecule has 3 atom stereocenters. The highest BCUT2D eigenvalue weighted by molar-refractivity contribution is 5.94. The number of carbonyl (C=O) groups is 5. The number of aldehydes is 1. The standard InChI is InChI=1S/C23H32N6O6/c24-8-4-3-6-17(25)22(34)27-12-20(31)29-19(10-21(32)33)23(35)28-15(13-30)9-14-11-26-18-7-2-1-5-16(14)18/h1-2,5,7,11,13,15,17,19,26H,3-4,6,8-10,12,24-25H2,(H,27,34)(H,28,35)(H,29,31)(H,32,33)/t15-,17-,19-/m0/s1. The highest BCUT2D eigenvalue weighted by Gasteiger charge is 2.26. The van der Waals surface area contributed by atoms with Crippen LogP contribution in [0.1, 0.15) is 31.2 Å². The second-order valence-corrected chi connectivity index (χ2v) is 8.14. The quantitative estimate of drug-likeness (QED) is 0.121. The normalized spacial score (nSPS) is 13.4. The second kappa shape index (κ2) is 13.8. The number of aliphatic carboxylic acids is 1. The summed E-state index contributed by atoms with van der Waals surface area (Å²) in [5, 5.41) is 17.2. The number of carboxylic acid groups (broad SMARTS) is 1. The molecule has 12 heteroatoms. The number of carbonyl (C=O) groups excluding carboxylic acids is 4. The van der Waals surface area contributed by atoms with Gasteiger partial charge < -0.3 is 42.3 Å². The molecule has 3 amide bonds. The van der Waals surface area contributed by atoms with Crippen LogP contribution in [0.5, 0.6) is 0 Å². The van der Waals surface area contributed by atoms with Gasteiger partial charge in [0.15, 0.2) is 0 Å². The van der Waals surface area contributed by atoms with E-state index in [0.29, 0.717) is 25.7 Å². The van der Waals surface area contributed by atoms with Crippen LogP contribution in [-0.4, -0.2) is 71.3 Å². The molecule has 0 spiro atoms. The molecule has 1 heterocycles. The number of nitrogens with two attached hydrogens (primary N) is 2. The molecule has 1 aromatic carbocycles. The summed E-state index contributed by atoms with van der Waals surface area (Å²) in [4.78, 5) is 62.9. The summed E-state index contributed by atoms with van der Waals surface area (Å²) < 4.78 is 0. The predicted octanol–water partition coefficient (Wildman–Crippen LogP) is -1.07. The van der Waals surface area contributed by atoms with E-state index >= 15 is 0 Å². The van der Waals surface area contributed by atoms with Crippen LogP contribution in [0.15, 0.2) is 30.5 Å². The number of nitrogens with one attached hydrogen (secondary N) is 4. The number of aromatic nitrogens is 1. The summed E-state index contributed by atoms with van der Waals surface area (Å²) in [6.45, 7) is -0.00418. The highest BCUT2D eigenvalue weighted by Crippen LogP contribution is 2.18. The molecule has 0 bridgehead atoms. The number of fused-ring (bicyclic) bond motifs is 1. The molecule has 2 aromatic rings. The lowest BCUT2D eigenvalue weighted by molar-refractivity contribution is -0.141. The van der Waals surface area contributed by atoms with E-state index in [1.807, 2.05) is 24.3 Å². The van der Waals surface area contributed by atoms with Gasteiger partial charge in [0.25, 0.3) is 0 Å². The summed E-state index contributed by atoms with van der Waals surface area (Å²) >= 11 is 0. The minimum Gasteiger partial charge on any atom is -0.481 e. The van der Waals surface area contributed by atoms with E-state index in [1.54, 1.807) is 6.20 Å². The Morgan fingerprint density at radius 2 is 1.83 bits per heavy atom. The number of hydrogen-bond donors (Lipinski definition) is 7. The lowest BCUT2D eigenvalue weighted by Crippen LogP contribution is -2.53. The summed E-state index contributed by atoms with van der Waals surface area (Å²) in [7, 11) is 0. The molecule has 0 fully saturated rings. The zero-order valence-corrected chi connectivity index (χ0v) is 19.3. The van der Waals surface area contributed by atoms with Crippen molar-refractivity contribution >= 4 is 40.9 Å². The van der Waals surface area contributed by atoms with Crippen LogP contribution in [0.3, 0.4) is 0 Å². The molecule has 12 nitrogen and oxygen atoms in total. The summed E-state index contributed by atoms with van der Waals surface area (Å²) in [5.41, 5.74) is 12.8. The van der Waals surface area contributed by atoms with E-state index < -0.39 is 54.8 Å². The van der Waals surface area contributed by atoms with E-state index in [-0.39, 0.29) is 6.42 Å². The van der Waals surface area contributed by atoms with Crippen molar-refractivity contribution in [2.24, 2.45) is 11.5 Å². The summed E-state index contributed by atoms with van der Waals surface area (Å²) in [6.07, 6.45) is 3.52. The van der Waals surface area contributed by atoms with Crippen LogP contribution in [-0.2, 0) is 30.4 Å². The molecular weight excluding hydrogens is 456 g/mol. The van der Waals surface area contributed by atoms with Gasteiger partial charge in [-0.2, -0.15) is 0 Å². The Bertz CT molecular complexity index is 1040. The Kier molecular flexibility index (Phi) is 10.8. The molecule has 35 heavy (non-hydrogen) atoms. The zero-order chi connectivity index (χ0) is 25.8. The lowest BCUT2D eigenvalue weighted by atomic mass is 10.0. The largest absolute Gasteiger partial charge is 0.481 e. The van der Waals surface area contributed by atoms with Crippen molar-refractivity contribution in [2.45, 2.75) is 50.2 Å². The number of amides is 3. The summed E-state index contributed by atoms with van der Waals surface area (Å²) in [6, 6.07) is 4.25. The van der Waals surface area contributed by atoms with Gasteiger partial charge in [-0.1, -0.05) is 24.6 Å². The number of hydrogen-bond acceptors (Lipinski definition) is 7. The fraction of sp³-hybridized carbons (Fsp3) is 0.435. The molecule has 0 aliphatic rings. The SMILES string of the molecule is NCCCC[C@H](N)C(=O)NCC(=O)N[C@@H](CC(=O)O)C(=O)N[C@H](C=O)Cc1c[nH]c2ccccc12. The Hall–Kier alpha value is -3.77. The Labute approximate surface area is 202 Å². The molecule has 0 aliphatic carbocycles. The van der Waals surface area contributed by atoms with E-state index in [1.165, 1.54) is 0 Å². The van der Waals surface area contributed by atoms with Crippen LogP contribution in [0.25, 0.3) is 10.9 Å². The number of unbranched alkanes of at least 4 members (excludes halogenated alkanes) is 1. The molecule has 0 saturated heterocycles. The van der Waals surface area contributed by atoms with Crippen molar-refractivity contribution in [2.75, 3.05) is 13.1 Å². The van der Waals surface area contributed by atoms with Gasteiger partial charge in [-0.25, -0.2) is 0 Å². The Balaban J connectivity index is 1.93. The van der Waals surface area contributed by atoms with E-state index in [9.17, 15) is 24.0 Å². The monoisotopic (exact) mass is 488 g/mol. The Morgan fingerprint density at radius 1 is 1.09 bits per heavy atom. The maximum Gasteiger partial charge on any atom is 0.305 e. The fourth-order valence-electron chi connectivity index (χ4n) is 3.52. The van der Waals surface area contributed by atoms with Gasteiger partial charge in [0.05, 0.1) is 25.0 Å². The first-order chi connectivity index (χ1) is 16.7. The Morgan fingerprint density at radius 3 is 2.51 bits per heavy atom. The maximum atomic E-state index is 12.7. The first-order valence-electron chi connectivity index (χ1n) is 11.3. The minimum absolute atomic E-state index is 0.172. The highest BCUT2D eigenvalue weighted by atomic mass is 16.4. The van der Waals surface area contributed by atoms with Crippen LogP contribution >= 0.6 is 0 Å². The second-order valence-electron chi connectivity index (χ2n) is 8.14. The maximum absolute atomic E-state index is 12.7. The smallest absolute Gasteiger partial charge is 0.305 e. The number of rotatable bonds is 15. The predicted molar refractivity (Wildman–Crippen MR) is 128 cm³/mol. The molecule has 0 unspecified atom stereocenters. The molecule has 0 aliphatic heterocycles. The van der Waals surface area contributed by atoms with Gasteiger partial charge in [-0.05, 0) is 31.0 Å². The van der Waals surface area contributed by atoms with Gasteiger partial charge in [0.1, 0.15) is 12.3 Å². The van der Waals surface area contributed by atoms with Crippen LogP contribution < -0.4 is 27.4 Å². The van der Waals surface area contributed by atoms with E-state index in [2.05, 4.69) is 20.9 Å². The van der Waals surface area contributed by atoms with Crippen molar-refractivity contribution in [3.63, 3.8) is 0 Å². The summed E-state index contributed by atoms with van der Waals surface area (Å²) in [5.74, 6) is -3.47. The molecule has 0 saturated carbocycles. The van der Waals surface area contributed by atoms with Gasteiger partial charge in [0.2, 0.25) is 17.7 Å². The third-order valence-electron chi connectivity index (χ3n) is 5.37. The number of para-hydroxylation sites is 1. The van der Waals surface area contributed by atoms with E-state index in [4.69, 9.17) is 16.6 Å². The number of aromatic amines is 1. The van der Waals surface area contributed by atoms with Gasteiger partial charge >= 0.3 is 5.97 Å². The third-order valence-corrected chi connectivity index (χ3v) is 5.37. The first kappa shape index (κ1) is 27.5. The topological polar surface area (TPSA) is 209 Å². The first-order valence-corrected chi connectivity index (χ1v) is 11.3. The van der Waals surface area contributed by atoms with Crippen LogP contribution in [0.2, 0.25) is 0 Å².